The predicted octanol–water partition coefficient (Wildman–Crippen LogP) is 5.86. The van der Waals surface area contributed by atoms with Crippen molar-refractivity contribution < 1.29 is 9.21 Å². The molecule has 4 nitrogen and oxygen atoms in total. The Kier molecular flexibility index (Phi) is 6.26. The Morgan fingerprint density at radius 1 is 1.26 bits per heavy atom. The summed E-state index contributed by atoms with van der Waals surface area (Å²) in [5.41, 5.74) is 0.718. The Hall–Kier alpha value is -2.22. The molecule has 2 atom stereocenters. The molecule has 0 spiro atoms. The van der Waals surface area contributed by atoms with E-state index < -0.39 is 0 Å². The van der Waals surface area contributed by atoms with Crippen molar-refractivity contribution >= 4 is 35.2 Å². The summed E-state index contributed by atoms with van der Waals surface area (Å²) >= 11 is 12.1. The van der Waals surface area contributed by atoms with E-state index in [1.807, 2.05) is 6.07 Å². The van der Waals surface area contributed by atoms with Crippen molar-refractivity contribution in [3.63, 3.8) is 0 Å². The van der Waals surface area contributed by atoms with Gasteiger partial charge in [-0.15, -0.1) is 0 Å². The molecular weight excluding hydrogens is 383 g/mol. The SMILES string of the molecule is C[C@H]1CCCC[C@@H]1NC(=O)/C(C#N)=C/c1ccc(-c2ccc(Cl)cc2Cl)o1. The van der Waals surface area contributed by atoms with Crippen LogP contribution in [0, 0.1) is 17.2 Å². The lowest BCUT2D eigenvalue weighted by molar-refractivity contribution is -0.118. The minimum Gasteiger partial charge on any atom is -0.457 e. The number of carbonyl (C=O) groups is 1. The Bertz CT molecular complexity index is 911. The van der Waals surface area contributed by atoms with E-state index in [-0.39, 0.29) is 17.5 Å². The monoisotopic (exact) mass is 402 g/mol. The predicted molar refractivity (Wildman–Crippen MR) is 107 cm³/mol. The zero-order valence-electron chi connectivity index (χ0n) is 15.0. The lowest BCUT2D eigenvalue weighted by atomic mass is 9.86. The molecule has 1 aromatic heterocycles. The number of amides is 1. The van der Waals surface area contributed by atoms with Crippen LogP contribution in [-0.4, -0.2) is 11.9 Å². The van der Waals surface area contributed by atoms with Gasteiger partial charge in [0.25, 0.3) is 5.91 Å². The van der Waals surface area contributed by atoms with Gasteiger partial charge >= 0.3 is 0 Å². The number of nitrogens with one attached hydrogen (secondary N) is 1. The second-order valence-corrected chi connectivity index (χ2v) is 7.68. The number of furan rings is 1. The zero-order chi connectivity index (χ0) is 19.4. The van der Waals surface area contributed by atoms with Crippen molar-refractivity contribution in [1.82, 2.24) is 5.32 Å². The lowest BCUT2D eigenvalue weighted by Crippen LogP contribution is -2.41. The number of nitrogens with zero attached hydrogens (tertiary/aromatic N) is 1. The topological polar surface area (TPSA) is 66.0 Å². The Labute approximate surface area is 168 Å². The standard InChI is InChI=1S/C21H20Cl2N2O2/c1-13-4-2-3-5-19(13)25-21(26)14(12-24)10-16-7-9-20(27-16)17-8-6-15(22)11-18(17)23/h6-11,13,19H,2-5H2,1H3,(H,25,26)/b14-10+/t13-,19-/m0/s1. The number of rotatable bonds is 4. The van der Waals surface area contributed by atoms with Gasteiger partial charge < -0.3 is 9.73 Å². The van der Waals surface area contributed by atoms with E-state index in [9.17, 15) is 10.1 Å². The number of carbonyl (C=O) groups excluding carboxylic acids is 1. The number of hydrogen-bond donors (Lipinski definition) is 1. The van der Waals surface area contributed by atoms with E-state index in [2.05, 4.69) is 12.2 Å². The van der Waals surface area contributed by atoms with Crippen molar-refractivity contribution in [1.29, 1.82) is 5.26 Å². The highest BCUT2D eigenvalue weighted by Gasteiger charge is 2.24. The van der Waals surface area contributed by atoms with Crippen molar-refractivity contribution in [3.8, 4) is 17.4 Å². The van der Waals surface area contributed by atoms with Gasteiger partial charge in [0.05, 0.1) is 5.02 Å². The van der Waals surface area contributed by atoms with Gasteiger partial charge in [-0.2, -0.15) is 5.26 Å². The fraction of sp³-hybridized carbons (Fsp3) is 0.333. The van der Waals surface area contributed by atoms with E-state index in [4.69, 9.17) is 27.6 Å². The first kappa shape index (κ1) is 19.5. The molecular formula is C21H20Cl2N2O2. The summed E-state index contributed by atoms with van der Waals surface area (Å²) < 4.78 is 5.75. The van der Waals surface area contributed by atoms with E-state index >= 15 is 0 Å². The van der Waals surface area contributed by atoms with Gasteiger partial charge in [0.15, 0.2) is 0 Å². The van der Waals surface area contributed by atoms with Crippen molar-refractivity contribution in [3.05, 3.63) is 51.7 Å². The molecule has 0 radical (unpaired) electrons. The zero-order valence-corrected chi connectivity index (χ0v) is 16.5. The van der Waals surface area contributed by atoms with E-state index in [1.54, 1.807) is 30.3 Å². The Morgan fingerprint density at radius 3 is 2.74 bits per heavy atom. The minimum atomic E-state index is -0.362. The average molecular weight is 403 g/mol. The van der Waals surface area contributed by atoms with Gasteiger partial charge in [-0.05, 0) is 49.1 Å². The van der Waals surface area contributed by atoms with Crippen LogP contribution in [0.5, 0.6) is 0 Å². The third-order valence-electron chi connectivity index (χ3n) is 4.90. The molecule has 6 heteroatoms. The Balaban J connectivity index is 1.77. The molecule has 1 fully saturated rings. The molecule has 0 saturated heterocycles. The fourth-order valence-corrected chi connectivity index (χ4v) is 3.83. The minimum absolute atomic E-state index is 0.0240. The summed E-state index contributed by atoms with van der Waals surface area (Å²) in [6.45, 7) is 2.13. The summed E-state index contributed by atoms with van der Waals surface area (Å²) in [4.78, 5) is 12.5. The highest BCUT2D eigenvalue weighted by Crippen LogP contribution is 2.32. The van der Waals surface area contributed by atoms with Crippen LogP contribution in [0.3, 0.4) is 0 Å². The van der Waals surface area contributed by atoms with Crippen molar-refractivity contribution in [2.75, 3.05) is 0 Å². The molecule has 3 rings (SSSR count). The molecule has 1 saturated carbocycles. The molecule has 1 aromatic carbocycles. The Morgan fingerprint density at radius 2 is 2.04 bits per heavy atom. The fourth-order valence-electron chi connectivity index (χ4n) is 3.33. The van der Waals surface area contributed by atoms with Gasteiger partial charge in [-0.3, -0.25) is 4.79 Å². The molecule has 2 aromatic rings. The maximum atomic E-state index is 12.5. The van der Waals surface area contributed by atoms with Crippen molar-refractivity contribution in [2.45, 2.75) is 38.6 Å². The number of halogens is 2. The molecule has 1 heterocycles. The lowest BCUT2D eigenvalue weighted by Gasteiger charge is -2.29. The van der Waals surface area contributed by atoms with Crippen LogP contribution >= 0.6 is 23.2 Å². The smallest absolute Gasteiger partial charge is 0.262 e. The van der Waals surface area contributed by atoms with Crippen LogP contribution in [0.2, 0.25) is 10.0 Å². The first-order valence-electron chi connectivity index (χ1n) is 8.96. The number of hydrogen-bond acceptors (Lipinski definition) is 3. The largest absolute Gasteiger partial charge is 0.457 e. The molecule has 0 bridgehead atoms. The highest BCUT2D eigenvalue weighted by molar-refractivity contribution is 6.36. The van der Waals surface area contributed by atoms with E-state index in [0.29, 0.717) is 33.0 Å². The van der Waals surface area contributed by atoms with Crippen LogP contribution < -0.4 is 5.32 Å². The van der Waals surface area contributed by atoms with Gasteiger partial charge in [-0.25, -0.2) is 0 Å². The van der Waals surface area contributed by atoms with Crippen LogP contribution in [0.1, 0.15) is 38.4 Å². The number of benzene rings is 1. The van der Waals surface area contributed by atoms with Crippen LogP contribution in [0.4, 0.5) is 0 Å². The molecule has 1 amide bonds. The molecule has 0 aliphatic heterocycles. The molecule has 1 aliphatic carbocycles. The summed E-state index contributed by atoms with van der Waals surface area (Å²) in [6, 6.07) is 10.7. The third kappa shape index (κ3) is 4.74. The highest BCUT2D eigenvalue weighted by atomic mass is 35.5. The third-order valence-corrected chi connectivity index (χ3v) is 5.45. The average Bonchev–Trinajstić information content (AvgIpc) is 3.09. The second kappa shape index (κ2) is 8.65. The maximum Gasteiger partial charge on any atom is 0.262 e. The first-order chi connectivity index (χ1) is 13.0. The summed E-state index contributed by atoms with van der Waals surface area (Å²) in [5, 5.41) is 13.4. The summed E-state index contributed by atoms with van der Waals surface area (Å²) in [6.07, 6.45) is 5.79. The van der Waals surface area contributed by atoms with Crippen molar-refractivity contribution in [2.24, 2.45) is 5.92 Å². The van der Waals surface area contributed by atoms with Gasteiger partial charge in [-0.1, -0.05) is 43.0 Å². The molecule has 1 aliphatic rings. The normalized spacial score (nSPS) is 20.1. The number of nitriles is 1. The quantitative estimate of drug-likeness (QED) is 0.514. The first-order valence-corrected chi connectivity index (χ1v) is 9.71. The maximum absolute atomic E-state index is 12.5. The summed E-state index contributed by atoms with van der Waals surface area (Å²) in [5.74, 6) is 1.02. The molecule has 27 heavy (non-hydrogen) atoms. The molecule has 140 valence electrons. The van der Waals surface area contributed by atoms with Crippen LogP contribution in [0.15, 0.2) is 40.3 Å². The summed E-state index contributed by atoms with van der Waals surface area (Å²) in [7, 11) is 0. The van der Waals surface area contributed by atoms with Gasteiger partial charge in [0.2, 0.25) is 0 Å². The van der Waals surface area contributed by atoms with Gasteiger partial charge in [0, 0.05) is 22.7 Å². The molecule has 0 unspecified atom stereocenters. The van der Waals surface area contributed by atoms with Crippen LogP contribution in [0.25, 0.3) is 17.4 Å². The van der Waals surface area contributed by atoms with E-state index in [0.717, 1.165) is 19.3 Å². The van der Waals surface area contributed by atoms with E-state index in [1.165, 1.54) is 12.5 Å². The second-order valence-electron chi connectivity index (χ2n) is 6.84. The molecule has 1 N–H and O–H groups in total. The van der Waals surface area contributed by atoms with Crippen LogP contribution in [-0.2, 0) is 4.79 Å². The van der Waals surface area contributed by atoms with Gasteiger partial charge in [0.1, 0.15) is 23.2 Å².